The van der Waals surface area contributed by atoms with Crippen LogP contribution in [-0.2, 0) is 9.47 Å². The van der Waals surface area contributed by atoms with E-state index in [0.717, 1.165) is 38.7 Å². The van der Waals surface area contributed by atoms with E-state index >= 15 is 0 Å². The molecule has 1 fully saturated rings. The summed E-state index contributed by atoms with van der Waals surface area (Å²) in [6.45, 7) is 12.9. The Labute approximate surface area is 130 Å². The zero-order valence-electron chi connectivity index (χ0n) is 14.5. The quantitative estimate of drug-likeness (QED) is 0.768. The predicted octanol–water partition coefficient (Wildman–Crippen LogP) is 4.13. The molecule has 1 N–H and O–H groups in total. The largest absolute Gasteiger partial charge is 0.450 e. The van der Waals surface area contributed by atoms with Crippen LogP contribution >= 0.6 is 0 Å². The molecular formula is C17H33NO3. The van der Waals surface area contributed by atoms with Crippen molar-refractivity contribution < 1.29 is 14.3 Å². The van der Waals surface area contributed by atoms with Crippen molar-refractivity contribution in [3.05, 3.63) is 0 Å². The zero-order valence-corrected chi connectivity index (χ0v) is 14.5. The highest BCUT2D eigenvalue weighted by Gasteiger charge is 2.41. The van der Waals surface area contributed by atoms with E-state index in [-0.39, 0.29) is 16.9 Å². The number of ether oxygens (including phenoxy) is 2. The van der Waals surface area contributed by atoms with Crippen LogP contribution in [0.1, 0.15) is 66.7 Å². The second kappa shape index (κ2) is 8.02. The zero-order chi connectivity index (χ0) is 15.9. The van der Waals surface area contributed by atoms with Gasteiger partial charge in [-0.15, -0.1) is 0 Å². The molecule has 2 unspecified atom stereocenters. The molecule has 0 heterocycles. The molecule has 1 aliphatic carbocycles. The molecule has 1 rings (SSSR count). The van der Waals surface area contributed by atoms with Gasteiger partial charge < -0.3 is 14.8 Å². The maximum Gasteiger partial charge on any atom is 0.407 e. The molecule has 0 aromatic rings. The fourth-order valence-corrected chi connectivity index (χ4v) is 3.61. The first-order valence-corrected chi connectivity index (χ1v) is 8.32. The van der Waals surface area contributed by atoms with Crippen LogP contribution < -0.4 is 5.32 Å². The fourth-order valence-electron chi connectivity index (χ4n) is 3.61. The first kappa shape index (κ1) is 18.3. The number of alkyl carbamates (subject to hydrolysis) is 1. The molecule has 0 spiro atoms. The molecule has 21 heavy (non-hydrogen) atoms. The van der Waals surface area contributed by atoms with Crippen LogP contribution in [0, 0.1) is 10.8 Å². The molecule has 0 bridgehead atoms. The summed E-state index contributed by atoms with van der Waals surface area (Å²) in [5.74, 6) is 0. The smallest absolute Gasteiger partial charge is 0.407 e. The summed E-state index contributed by atoms with van der Waals surface area (Å²) in [5.41, 5.74) is 0.325. The van der Waals surface area contributed by atoms with E-state index in [9.17, 15) is 4.79 Å². The van der Waals surface area contributed by atoms with Gasteiger partial charge >= 0.3 is 6.09 Å². The molecule has 1 amide bonds. The third-order valence-corrected chi connectivity index (χ3v) is 4.06. The molecule has 0 saturated heterocycles. The number of nitrogens with one attached hydrogen (secondary N) is 1. The standard InChI is InChI=1S/C17H33NO3/c1-6-8-20-14-10-16(3,4)12-17(5,11-14)13-18-15(19)21-9-7-2/h14H,6-13H2,1-5H3,(H,18,19). The minimum atomic E-state index is -0.299. The molecule has 0 radical (unpaired) electrons. The topological polar surface area (TPSA) is 47.6 Å². The molecule has 4 heteroatoms. The SMILES string of the molecule is CCCOC(=O)NCC1(C)CC(OCCC)CC(C)(C)C1. The fraction of sp³-hybridized carbons (Fsp3) is 0.941. The summed E-state index contributed by atoms with van der Waals surface area (Å²) < 4.78 is 11.1. The summed E-state index contributed by atoms with van der Waals surface area (Å²) in [5, 5.41) is 2.93. The van der Waals surface area contributed by atoms with Crippen LogP contribution in [0.25, 0.3) is 0 Å². The van der Waals surface area contributed by atoms with Gasteiger partial charge in [-0.25, -0.2) is 4.79 Å². The van der Waals surface area contributed by atoms with Gasteiger partial charge in [0.1, 0.15) is 0 Å². The van der Waals surface area contributed by atoms with Crippen LogP contribution in [0.4, 0.5) is 4.79 Å². The van der Waals surface area contributed by atoms with E-state index in [1.165, 1.54) is 0 Å². The van der Waals surface area contributed by atoms with E-state index in [0.29, 0.717) is 19.3 Å². The van der Waals surface area contributed by atoms with Crippen molar-refractivity contribution in [2.45, 2.75) is 72.8 Å². The second-order valence-corrected chi connectivity index (χ2v) is 7.54. The number of rotatable bonds is 7. The molecule has 2 atom stereocenters. The van der Waals surface area contributed by atoms with Gasteiger partial charge in [0.25, 0.3) is 0 Å². The van der Waals surface area contributed by atoms with Crippen LogP contribution in [0.15, 0.2) is 0 Å². The Balaban J connectivity index is 2.54. The molecular weight excluding hydrogens is 266 g/mol. The highest BCUT2D eigenvalue weighted by atomic mass is 16.5. The van der Waals surface area contributed by atoms with Crippen molar-refractivity contribution in [2.75, 3.05) is 19.8 Å². The third kappa shape index (κ3) is 6.68. The summed E-state index contributed by atoms with van der Waals surface area (Å²) in [6, 6.07) is 0. The molecule has 0 aliphatic heterocycles. The monoisotopic (exact) mass is 299 g/mol. The predicted molar refractivity (Wildman–Crippen MR) is 85.4 cm³/mol. The second-order valence-electron chi connectivity index (χ2n) is 7.54. The Hall–Kier alpha value is -0.770. The maximum absolute atomic E-state index is 11.6. The lowest BCUT2D eigenvalue weighted by Gasteiger charge is -2.46. The first-order valence-electron chi connectivity index (χ1n) is 8.32. The van der Waals surface area contributed by atoms with E-state index < -0.39 is 0 Å². The Morgan fingerprint density at radius 3 is 2.43 bits per heavy atom. The lowest BCUT2D eigenvalue weighted by Crippen LogP contribution is -2.46. The van der Waals surface area contributed by atoms with Crippen LogP contribution in [0.2, 0.25) is 0 Å². The minimum absolute atomic E-state index is 0.0748. The number of hydrogen-bond acceptors (Lipinski definition) is 3. The molecule has 0 aromatic heterocycles. The van der Waals surface area contributed by atoms with Gasteiger partial charge in [-0.05, 0) is 42.9 Å². The van der Waals surface area contributed by atoms with E-state index in [2.05, 4.69) is 33.0 Å². The number of amides is 1. The Morgan fingerprint density at radius 2 is 1.81 bits per heavy atom. The average molecular weight is 299 g/mol. The Kier molecular flexibility index (Phi) is 6.98. The average Bonchev–Trinajstić information content (AvgIpc) is 2.38. The van der Waals surface area contributed by atoms with Crippen LogP contribution in [0.3, 0.4) is 0 Å². The van der Waals surface area contributed by atoms with E-state index in [1.807, 2.05) is 6.92 Å². The molecule has 0 aromatic carbocycles. The van der Waals surface area contributed by atoms with Gasteiger partial charge in [-0.2, -0.15) is 0 Å². The van der Waals surface area contributed by atoms with Crippen molar-refractivity contribution >= 4 is 6.09 Å². The summed E-state index contributed by atoms with van der Waals surface area (Å²) in [6.07, 6.45) is 5.10. The van der Waals surface area contributed by atoms with Gasteiger partial charge in [0, 0.05) is 13.2 Å². The highest BCUT2D eigenvalue weighted by Crippen LogP contribution is 2.46. The molecule has 4 nitrogen and oxygen atoms in total. The maximum atomic E-state index is 11.6. The number of carbonyl (C=O) groups excluding carboxylic acids is 1. The van der Waals surface area contributed by atoms with Gasteiger partial charge in [0.2, 0.25) is 0 Å². The number of carbonyl (C=O) groups is 1. The minimum Gasteiger partial charge on any atom is -0.450 e. The Bertz CT molecular complexity index is 330. The van der Waals surface area contributed by atoms with Gasteiger partial charge in [0.05, 0.1) is 12.7 Å². The molecule has 124 valence electrons. The van der Waals surface area contributed by atoms with Crippen molar-refractivity contribution in [3.8, 4) is 0 Å². The normalized spacial score (nSPS) is 28.1. The van der Waals surface area contributed by atoms with E-state index in [4.69, 9.17) is 9.47 Å². The van der Waals surface area contributed by atoms with Gasteiger partial charge in [-0.1, -0.05) is 34.6 Å². The van der Waals surface area contributed by atoms with Crippen molar-refractivity contribution in [1.29, 1.82) is 0 Å². The summed E-state index contributed by atoms with van der Waals surface area (Å²) >= 11 is 0. The number of hydrogen-bond donors (Lipinski definition) is 1. The first-order chi connectivity index (χ1) is 9.80. The van der Waals surface area contributed by atoms with Gasteiger partial charge in [-0.3, -0.25) is 0 Å². The van der Waals surface area contributed by atoms with Gasteiger partial charge in [0.15, 0.2) is 0 Å². The van der Waals surface area contributed by atoms with Crippen molar-refractivity contribution in [2.24, 2.45) is 10.8 Å². The highest BCUT2D eigenvalue weighted by molar-refractivity contribution is 5.67. The van der Waals surface area contributed by atoms with Crippen LogP contribution in [-0.4, -0.2) is 32.0 Å². The molecule has 1 saturated carbocycles. The lowest BCUT2D eigenvalue weighted by molar-refractivity contribution is -0.0534. The van der Waals surface area contributed by atoms with Crippen LogP contribution in [0.5, 0.6) is 0 Å². The third-order valence-electron chi connectivity index (χ3n) is 4.06. The molecule has 1 aliphatic rings. The lowest BCUT2D eigenvalue weighted by atomic mass is 9.63. The summed E-state index contributed by atoms with van der Waals surface area (Å²) in [4.78, 5) is 11.6. The van der Waals surface area contributed by atoms with Crippen molar-refractivity contribution in [1.82, 2.24) is 5.32 Å². The summed E-state index contributed by atoms with van der Waals surface area (Å²) in [7, 11) is 0. The van der Waals surface area contributed by atoms with Crippen molar-refractivity contribution in [3.63, 3.8) is 0 Å². The Morgan fingerprint density at radius 1 is 1.14 bits per heavy atom. The van der Waals surface area contributed by atoms with E-state index in [1.54, 1.807) is 0 Å².